The van der Waals surface area contributed by atoms with Gasteiger partial charge in [0.05, 0.1) is 18.9 Å². The number of rotatable bonds is 13. The lowest BCUT2D eigenvalue weighted by atomic mass is 10.1. The number of nitrogens with zero attached hydrogens (tertiary/aromatic N) is 1. The van der Waals surface area contributed by atoms with E-state index in [2.05, 4.69) is 122 Å². The predicted octanol–water partition coefficient (Wildman–Crippen LogP) is 16.1. The Balaban J connectivity index is 0.000000366. The molecule has 0 atom stereocenters. The van der Waals surface area contributed by atoms with Crippen LogP contribution >= 0.6 is 11.6 Å². The summed E-state index contributed by atoms with van der Waals surface area (Å²) in [6.45, 7) is 21.5. The minimum absolute atomic E-state index is 0. The maximum atomic E-state index is 11.5. The van der Waals surface area contributed by atoms with Crippen molar-refractivity contribution in [3.8, 4) is 34.0 Å². The normalized spacial score (nSPS) is 9.90. The fraction of sp³-hybridized carbons (Fsp3) is 0.300. The Morgan fingerprint density at radius 1 is 0.551 bits per heavy atom. The topological polar surface area (TPSA) is 91.8 Å². The monoisotopic (exact) mass is 955 g/mol. The molecule has 9 heteroatoms. The van der Waals surface area contributed by atoms with Crippen LogP contribution in [-0.2, 0) is 31.5 Å². The van der Waals surface area contributed by atoms with Crippen LogP contribution in [-0.4, -0.2) is 47.9 Å². The molecule has 368 valence electrons. The number of nitrogens with one attached hydrogen (secondary N) is 1. The van der Waals surface area contributed by atoms with Gasteiger partial charge in [-0.2, -0.15) is 0 Å². The molecular formula is C60H75ClN2O6. The summed E-state index contributed by atoms with van der Waals surface area (Å²) in [5, 5.41) is 2.61. The summed E-state index contributed by atoms with van der Waals surface area (Å²) in [7, 11) is 0. The van der Waals surface area contributed by atoms with E-state index in [1.807, 2.05) is 76.2 Å². The first-order valence-corrected chi connectivity index (χ1v) is 23.7. The minimum atomic E-state index is -0.362. The summed E-state index contributed by atoms with van der Waals surface area (Å²) in [5.74, 6) is 1.04. The zero-order valence-corrected chi connectivity index (χ0v) is 41.6. The molecule has 1 N–H and O–H groups in total. The van der Waals surface area contributed by atoms with Crippen LogP contribution in [0, 0.1) is 27.7 Å². The molecular weight excluding hydrogens is 880 g/mol. The number of hydrogen-bond donors (Lipinski definition) is 1. The second-order valence-electron chi connectivity index (χ2n) is 15.1. The summed E-state index contributed by atoms with van der Waals surface area (Å²) < 4.78 is 22.7. The number of fused-ring (bicyclic) bond motifs is 2. The highest BCUT2D eigenvalue weighted by molar-refractivity contribution is 6.17. The van der Waals surface area contributed by atoms with Gasteiger partial charge in [0.25, 0.3) is 0 Å². The molecule has 0 bridgehead atoms. The molecule has 0 saturated carbocycles. The van der Waals surface area contributed by atoms with Gasteiger partial charge in [-0.15, -0.1) is 11.6 Å². The lowest BCUT2D eigenvalue weighted by Crippen LogP contribution is -2.14. The molecule has 2 aromatic heterocycles. The van der Waals surface area contributed by atoms with Crippen LogP contribution in [0.5, 0.6) is 11.5 Å². The van der Waals surface area contributed by atoms with Gasteiger partial charge in [-0.3, -0.25) is 0 Å². The highest BCUT2D eigenvalue weighted by Gasteiger charge is 2.17. The highest BCUT2D eigenvalue weighted by Crippen LogP contribution is 2.35. The van der Waals surface area contributed by atoms with Crippen LogP contribution in [0.2, 0.25) is 0 Å². The third kappa shape index (κ3) is 16.8. The molecule has 8 rings (SSSR count). The number of aromatic amines is 1. The van der Waals surface area contributed by atoms with E-state index in [1.165, 1.54) is 66.6 Å². The summed E-state index contributed by atoms with van der Waals surface area (Å²) in [5.41, 5.74) is 14.7. The second-order valence-corrected chi connectivity index (χ2v) is 15.4. The first-order valence-electron chi connectivity index (χ1n) is 23.2. The number of esters is 2. The standard InChI is InChI=1S/C27H27NO3.C16H15N.C11H13ClO3.2C2H6.2CH4/c1-4-30-26(29)18-31-23-13-11-21(12-14-23)17-28-25-15-10-19(2)16-24(25)20(3)27(28)22-8-6-5-7-9-22;1-11-8-9-15-14(10-11)12(2)16(17-15)13-6-4-3-5-7-13;1-2-14-11(13)8-15-10-5-3-9(7-12)4-6-10;2*1-2;;/h5-16H,4,17-18H2,1-3H3;3-10,17H,1-2H3;3-6H,2,7-8H2,1H3;2*1-2H3;2*1H4. The third-order valence-corrected chi connectivity index (χ3v) is 10.8. The van der Waals surface area contributed by atoms with E-state index in [0.29, 0.717) is 30.6 Å². The van der Waals surface area contributed by atoms with Gasteiger partial charge < -0.3 is 28.5 Å². The van der Waals surface area contributed by atoms with E-state index in [4.69, 9.17) is 30.5 Å². The van der Waals surface area contributed by atoms with Crippen molar-refractivity contribution in [1.29, 1.82) is 0 Å². The molecule has 0 saturated heterocycles. The van der Waals surface area contributed by atoms with Gasteiger partial charge >= 0.3 is 11.9 Å². The maximum Gasteiger partial charge on any atom is 0.344 e. The molecule has 0 unspecified atom stereocenters. The summed E-state index contributed by atoms with van der Waals surface area (Å²) in [6.07, 6.45) is 0. The van der Waals surface area contributed by atoms with E-state index >= 15 is 0 Å². The molecule has 0 aliphatic heterocycles. The molecule has 0 radical (unpaired) electrons. The number of H-pyrrole nitrogens is 1. The van der Waals surface area contributed by atoms with Gasteiger partial charge in [-0.05, 0) is 123 Å². The Bertz CT molecular complexity index is 2720. The van der Waals surface area contributed by atoms with E-state index in [1.54, 1.807) is 26.0 Å². The fourth-order valence-electron chi connectivity index (χ4n) is 7.34. The van der Waals surface area contributed by atoms with Crippen molar-refractivity contribution in [2.75, 3.05) is 26.4 Å². The van der Waals surface area contributed by atoms with Crippen LogP contribution in [0.4, 0.5) is 0 Å². The lowest BCUT2D eigenvalue weighted by molar-refractivity contribution is -0.146. The van der Waals surface area contributed by atoms with Crippen molar-refractivity contribution in [3.63, 3.8) is 0 Å². The summed E-state index contributed by atoms with van der Waals surface area (Å²) in [4.78, 5) is 26.0. The smallest absolute Gasteiger partial charge is 0.344 e. The number of benzene rings is 6. The van der Waals surface area contributed by atoms with Crippen LogP contribution in [0.25, 0.3) is 44.3 Å². The molecule has 0 fully saturated rings. The lowest BCUT2D eigenvalue weighted by Gasteiger charge is -2.13. The summed E-state index contributed by atoms with van der Waals surface area (Å²) >= 11 is 5.63. The highest BCUT2D eigenvalue weighted by atomic mass is 35.5. The largest absolute Gasteiger partial charge is 0.482 e. The quantitative estimate of drug-likeness (QED) is 0.0914. The number of ether oxygens (including phenoxy) is 4. The first-order chi connectivity index (χ1) is 32.6. The second kappa shape index (κ2) is 30.6. The molecule has 6 aromatic carbocycles. The zero-order chi connectivity index (χ0) is 48.7. The Labute approximate surface area is 417 Å². The van der Waals surface area contributed by atoms with Crippen molar-refractivity contribution < 1.29 is 28.5 Å². The number of alkyl halides is 1. The molecule has 8 aromatic rings. The van der Waals surface area contributed by atoms with Crippen molar-refractivity contribution in [3.05, 3.63) is 179 Å². The van der Waals surface area contributed by atoms with E-state index in [-0.39, 0.29) is 40.0 Å². The number of halogens is 1. The molecule has 69 heavy (non-hydrogen) atoms. The average Bonchev–Trinajstić information content (AvgIpc) is 3.84. The van der Waals surface area contributed by atoms with E-state index in [0.717, 1.165) is 17.7 Å². The van der Waals surface area contributed by atoms with Gasteiger partial charge in [0.2, 0.25) is 0 Å². The van der Waals surface area contributed by atoms with Crippen LogP contribution in [0.15, 0.2) is 146 Å². The Morgan fingerprint density at radius 3 is 1.51 bits per heavy atom. The van der Waals surface area contributed by atoms with Gasteiger partial charge in [0.1, 0.15) is 11.5 Å². The maximum absolute atomic E-state index is 11.5. The average molecular weight is 956 g/mol. The van der Waals surface area contributed by atoms with Crippen molar-refractivity contribution in [2.45, 2.75) is 96.5 Å². The molecule has 0 aliphatic carbocycles. The van der Waals surface area contributed by atoms with Crippen molar-refractivity contribution >= 4 is 45.3 Å². The minimum Gasteiger partial charge on any atom is -0.482 e. The molecule has 2 heterocycles. The van der Waals surface area contributed by atoms with Gasteiger partial charge in [0.15, 0.2) is 13.2 Å². The molecule has 0 amide bonds. The Hall–Kier alpha value is -6.77. The SMILES string of the molecule is C.C.CC.CC.CCOC(=O)COc1ccc(CCl)cc1.CCOC(=O)COc1ccc(Cn2c(-c3ccccc3)c(C)c3cc(C)ccc32)cc1.Cc1ccc2[nH]c(-c3ccccc3)c(C)c2c1. The van der Waals surface area contributed by atoms with Crippen LogP contribution in [0.1, 0.15) is 89.8 Å². The summed E-state index contributed by atoms with van der Waals surface area (Å²) in [6, 6.07) is 49.4. The van der Waals surface area contributed by atoms with Crippen molar-refractivity contribution in [1.82, 2.24) is 9.55 Å². The van der Waals surface area contributed by atoms with Crippen molar-refractivity contribution in [2.24, 2.45) is 0 Å². The fourth-order valence-corrected chi connectivity index (χ4v) is 7.52. The first kappa shape index (κ1) is 58.4. The van der Waals surface area contributed by atoms with E-state index in [9.17, 15) is 9.59 Å². The molecule has 8 nitrogen and oxygen atoms in total. The number of aromatic nitrogens is 2. The number of aryl methyl sites for hydroxylation is 4. The number of carbonyl (C=O) groups is 2. The van der Waals surface area contributed by atoms with Gasteiger partial charge in [-0.25, -0.2) is 9.59 Å². The van der Waals surface area contributed by atoms with Gasteiger partial charge in [-0.1, -0.05) is 151 Å². The Kier molecular flexibility index (Phi) is 25.9. The predicted molar refractivity (Wildman–Crippen MR) is 292 cm³/mol. The van der Waals surface area contributed by atoms with Crippen LogP contribution in [0.3, 0.4) is 0 Å². The molecule has 0 aliphatic rings. The third-order valence-electron chi connectivity index (χ3n) is 10.5. The van der Waals surface area contributed by atoms with Crippen LogP contribution < -0.4 is 9.47 Å². The zero-order valence-electron chi connectivity index (χ0n) is 40.9. The van der Waals surface area contributed by atoms with Gasteiger partial charge in [0, 0.05) is 39.9 Å². The van der Waals surface area contributed by atoms with E-state index < -0.39 is 0 Å². The Morgan fingerprint density at radius 2 is 1.01 bits per heavy atom. The number of carbonyl (C=O) groups excluding carboxylic acids is 2. The number of hydrogen-bond acceptors (Lipinski definition) is 6. The molecule has 0 spiro atoms.